The van der Waals surface area contributed by atoms with Gasteiger partial charge in [-0.2, -0.15) is 0 Å². The predicted molar refractivity (Wildman–Crippen MR) is 133 cm³/mol. The zero-order valence-corrected chi connectivity index (χ0v) is 20.3. The van der Waals surface area contributed by atoms with Crippen molar-refractivity contribution in [1.29, 1.82) is 0 Å². The van der Waals surface area contributed by atoms with E-state index in [1.165, 1.54) is 27.0 Å². The summed E-state index contributed by atoms with van der Waals surface area (Å²) >= 11 is 1.30. The lowest BCUT2D eigenvalue weighted by atomic mass is 9.73. The van der Waals surface area contributed by atoms with Crippen molar-refractivity contribution < 1.29 is 4.74 Å². The van der Waals surface area contributed by atoms with Gasteiger partial charge >= 0.3 is 5.69 Å². The Balaban J connectivity index is 1.34. The van der Waals surface area contributed by atoms with Crippen molar-refractivity contribution in [3.05, 3.63) is 61.6 Å². The molecule has 0 amide bonds. The van der Waals surface area contributed by atoms with Crippen molar-refractivity contribution in [3.8, 4) is 5.75 Å². The highest BCUT2D eigenvalue weighted by molar-refractivity contribution is 7.25. The van der Waals surface area contributed by atoms with E-state index in [-0.39, 0.29) is 11.6 Å². The number of aromatic amines is 1. The fraction of sp³-hybridized carbons (Fsp3) is 0.440. The molecule has 176 valence electrons. The van der Waals surface area contributed by atoms with Gasteiger partial charge in [0.25, 0.3) is 5.56 Å². The van der Waals surface area contributed by atoms with Gasteiger partial charge in [0.1, 0.15) is 20.8 Å². The third kappa shape index (κ3) is 3.21. The Morgan fingerprint density at radius 2 is 2.03 bits per heavy atom. The van der Waals surface area contributed by atoms with Gasteiger partial charge in [-0.05, 0) is 62.8 Å². The standard InChI is InChI=1S/C25H27N5O3S/c1-12-13(2)28-23-21(27-12)20-22(34-23)24(31)30(25(32)29-20)10-9-17-19-14(11-26-17)7-8-15-16(19)5-4-6-18(15)33-3/h4-6,14,17,19,26H,7-11H2,1-3H3,(H,29,32)/t14-,17?,19+/m0/s1. The quantitative estimate of drug-likeness (QED) is 0.469. The summed E-state index contributed by atoms with van der Waals surface area (Å²) < 4.78 is 7.46. The molecule has 4 heterocycles. The van der Waals surface area contributed by atoms with E-state index in [4.69, 9.17) is 4.74 Å². The van der Waals surface area contributed by atoms with Gasteiger partial charge < -0.3 is 15.0 Å². The van der Waals surface area contributed by atoms with Crippen molar-refractivity contribution in [2.45, 2.75) is 51.6 Å². The number of nitrogens with zero attached hydrogens (tertiary/aromatic N) is 3. The van der Waals surface area contributed by atoms with Crippen LogP contribution in [0.1, 0.15) is 41.3 Å². The number of nitrogens with one attached hydrogen (secondary N) is 2. The van der Waals surface area contributed by atoms with Crippen LogP contribution in [0.4, 0.5) is 0 Å². The van der Waals surface area contributed by atoms with Crippen molar-refractivity contribution >= 4 is 31.9 Å². The molecule has 0 spiro atoms. The first-order valence-electron chi connectivity index (χ1n) is 11.8. The highest BCUT2D eigenvalue weighted by Gasteiger charge is 2.40. The second-order valence-electron chi connectivity index (χ2n) is 9.40. The number of benzene rings is 1. The molecule has 3 atom stereocenters. The number of thiophene rings is 1. The van der Waals surface area contributed by atoms with Crippen LogP contribution in [0.2, 0.25) is 0 Å². The summed E-state index contributed by atoms with van der Waals surface area (Å²) in [6.07, 6.45) is 2.85. The zero-order valence-electron chi connectivity index (χ0n) is 19.5. The van der Waals surface area contributed by atoms with E-state index < -0.39 is 5.69 Å². The number of hydrogen-bond donors (Lipinski definition) is 2. The Kier molecular flexibility index (Phi) is 5.07. The summed E-state index contributed by atoms with van der Waals surface area (Å²) in [4.78, 5) is 39.0. The van der Waals surface area contributed by atoms with E-state index in [0.29, 0.717) is 45.4 Å². The van der Waals surface area contributed by atoms with Crippen molar-refractivity contribution in [3.63, 3.8) is 0 Å². The molecule has 8 nitrogen and oxygen atoms in total. The third-order valence-electron chi connectivity index (χ3n) is 7.61. The van der Waals surface area contributed by atoms with E-state index in [9.17, 15) is 9.59 Å². The van der Waals surface area contributed by atoms with Crippen molar-refractivity contribution in [2.24, 2.45) is 5.92 Å². The average molecular weight is 478 g/mol. The Hall–Kier alpha value is -3.04. The Labute approximate surface area is 200 Å². The number of fused-ring (bicyclic) bond motifs is 6. The van der Waals surface area contributed by atoms with Gasteiger partial charge in [0, 0.05) is 18.5 Å². The summed E-state index contributed by atoms with van der Waals surface area (Å²) in [7, 11) is 1.72. The van der Waals surface area contributed by atoms with Gasteiger partial charge in [-0.25, -0.2) is 14.8 Å². The third-order valence-corrected chi connectivity index (χ3v) is 8.68. The molecule has 0 bridgehead atoms. The predicted octanol–water partition coefficient (Wildman–Crippen LogP) is 3.03. The molecular formula is C25H27N5O3S. The number of methoxy groups -OCH3 is 1. The minimum absolute atomic E-state index is 0.203. The van der Waals surface area contributed by atoms with E-state index in [0.717, 1.165) is 36.5 Å². The Morgan fingerprint density at radius 1 is 1.21 bits per heavy atom. The van der Waals surface area contributed by atoms with E-state index in [1.54, 1.807) is 7.11 Å². The number of aromatic nitrogens is 4. The lowest BCUT2D eigenvalue weighted by Gasteiger charge is -2.32. The van der Waals surface area contributed by atoms with Gasteiger partial charge in [-0.1, -0.05) is 12.1 Å². The molecule has 34 heavy (non-hydrogen) atoms. The van der Waals surface area contributed by atoms with Crippen LogP contribution in [0, 0.1) is 19.8 Å². The van der Waals surface area contributed by atoms with Gasteiger partial charge in [-0.3, -0.25) is 9.36 Å². The topological polar surface area (TPSA) is 102 Å². The number of H-pyrrole nitrogens is 1. The fourth-order valence-corrected chi connectivity index (χ4v) is 6.87. The lowest BCUT2D eigenvalue weighted by molar-refractivity contribution is 0.371. The highest BCUT2D eigenvalue weighted by atomic mass is 32.1. The maximum atomic E-state index is 13.3. The number of hydrogen-bond acceptors (Lipinski definition) is 7. The van der Waals surface area contributed by atoms with Crippen LogP contribution in [0.25, 0.3) is 20.6 Å². The first-order valence-corrected chi connectivity index (χ1v) is 12.6. The molecule has 9 heteroatoms. The second-order valence-corrected chi connectivity index (χ2v) is 10.4. The van der Waals surface area contributed by atoms with E-state index in [1.807, 2.05) is 19.9 Å². The minimum Gasteiger partial charge on any atom is -0.496 e. The van der Waals surface area contributed by atoms with Crippen LogP contribution in [0.3, 0.4) is 0 Å². The van der Waals surface area contributed by atoms with Crippen molar-refractivity contribution in [1.82, 2.24) is 24.8 Å². The molecule has 0 radical (unpaired) electrons. The maximum Gasteiger partial charge on any atom is 0.328 e. The van der Waals surface area contributed by atoms with Gasteiger partial charge in [0.15, 0.2) is 0 Å². The molecule has 2 aliphatic rings. The van der Waals surface area contributed by atoms with Crippen LogP contribution in [0.15, 0.2) is 27.8 Å². The molecule has 4 aromatic rings. The maximum absolute atomic E-state index is 13.3. The molecule has 1 aliphatic heterocycles. The average Bonchev–Trinajstić information content (AvgIpc) is 3.40. The largest absolute Gasteiger partial charge is 0.496 e. The summed E-state index contributed by atoms with van der Waals surface area (Å²) in [6.45, 7) is 5.10. The number of aryl methyl sites for hydroxylation is 2. The molecule has 2 N–H and O–H groups in total. The molecule has 1 fully saturated rings. The van der Waals surface area contributed by atoms with E-state index >= 15 is 0 Å². The van der Waals surface area contributed by atoms with Crippen LogP contribution in [-0.4, -0.2) is 39.2 Å². The first-order chi connectivity index (χ1) is 16.5. The summed E-state index contributed by atoms with van der Waals surface area (Å²) in [6, 6.07) is 6.50. The fourth-order valence-electron chi connectivity index (χ4n) is 5.80. The monoisotopic (exact) mass is 477 g/mol. The van der Waals surface area contributed by atoms with Crippen LogP contribution >= 0.6 is 11.3 Å². The van der Waals surface area contributed by atoms with Crippen molar-refractivity contribution in [2.75, 3.05) is 13.7 Å². The molecule has 1 aromatic carbocycles. The number of ether oxygens (including phenoxy) is 1. The van der Waals surface area contributed by atoms with Crippen LogP contribution in [-0.2, 0) is 13.0 Å². The van der Waals surface area contributed by atoms with Gasteiger partial charge in [-0.15, -0.1) is 11.3 Å². The minimum atomic E-state index is -0.391. The molecular weight excluding hydrogens is 450 g/mol. The van der Waals surface area contributed by atoms with Crippen LogP contribution in [0.5, 0.6) is 5.75 Å². The molecule has 6 rings (SSSR count). The second kappa shape index (κ2) is 8.02. The SMILES string of the molecule is COc1cccc2c1CC[C@H]1CNC(CCn3c(=O)[nH]c4c(sc5nc(C)c(C)nc54)c3=O)[C@@H]21. The smallest absolute Gasteiger partial charge is 0.328 e. The lowest BCUT2D eigenvalue weighted by Crippen LogP contribution is -2.37. The molecule has 0 saturated carbocycles. The number of rotatable bonds is 4. The van der Waals surface area contributed by atoms with Gasteiger partial charge in [0.05, 0.1) is 24.0 Å². The van der Waals surface area contributed by atoms with E-state index in [2.05, 4.69) is 32.4 Å². The zero-order chi connectivity index (χ0) is 23.6. The normalized spacial score (nSPS) is 21.7. The molecule has 1 unspecified atom stereocenters. The van der Waals surface area contributed by atoms with Gasteiger partial charge in [0.2, 0.25) is 0 Å². The summed E-state index contributed by atoms with van der Waals surface area (Å²) in [5.41, 5.74) is 4.70. The summed E-state index contributed by atoms with van der Waals surface area (Å²) in [5.74, 6) is 1.88. The first kappa shape index (κ1) is 21.5. The Bertz CT molecular complexity index is 1550. The molecule has 1 saturated heterocycles. The molecule has 3 aromatic heterocycles. The molecule has 1 aliphatic carbocycles. The van der Waals surface area contributed by atoms with Crippen LogP contribution < -0.4 is 21.3 Å². The Morgan fingerprint density at radius 3 is 2.85 bits per heavy atom. The summed E-state index contributed by atoms with van der Waals surface area (Å²) in [5, 5.41) is 3.67. The highest BCUT2D eigenvalue weighted by Crippen LogP contribution is 2.45.